The van der Waals surface area contributed by atoms with Crippen LogP contribution >= 0.6 is 15.6 Å². The van der Waals surface area contributed by atoms with Crippen LogP contribution in [0.1, 0.15) is 22.8 Å². The normalized spacial score (nSPS) is 30.1. The number of phosphoric ester groups is 2. The summed E-state index contributed by atoms with van der Waals surface area (Å²) in [5.41, 5.74) is 11.6. The Morgan fingerprint density at radius 3 is 2.40 bits per heavy atom. The number of primary amides is 1. The van der Waals surface area contributed by atoms with Gasteiger partial charge < -0.3 is 50.8 Å². The van der Waals surface area contributed by atoms with Crippen LogP contribution in [0.5, 0.6) is 0 Å². The fourth-order valence-corrected chi connectivity index (χ4v) is 6.97. The van der Waals surface area contributed by atoms with Crippen molar-refractivity contribution in [3.8, 4) is 12.3 Å². The van der Waals surface area contributed by atoms with E-state index >= 15 is 0 Å². The van der Waals surface area contributed by atoms with Gasteiger partial charge in [-0.15, -0.1) is 6.42 Å². The second kappa shape index (κ2) is 14.0. The number of nitrogens with two attached hydrogens (primary N) is 2. The van der Waals surface area contributed by atoms with Crippen molar-refractivity contribution in [2.45, 2.75) is 49.1 Å². The standard InChI is InChI=1S/C24H29N7O14P2/c1-2-6-40-19-17(33)14(44-24(19)30-5-3-4-12(7-30)21(26)35)9-42-47(38,39)45-46(36,37)41-8-13-16(32)18(34)23(43-13)31-11-29-15-20(25)27-10-28-22(15)31/h1,3-5,7,10-11,13-14,16-19,23-24,32-34H,6,8-9H2,(H5-,25,26,27,28,35,36,37,38,39)/p+1/t13-,14-,16-,17-,18-,19-,23-,24-/m1/s1. The minimum Gasteiger partial charge on any atom is -0.387 e. The smallest absolute Gasteiger partial charge is 0.387 e. The van der Waals surface area contributed by atoms with Gasteiger partial charge in [-0.2, -0.15) is 8.88 Å². The average molecular weight is 702 g/mol. The molecule has 0 aliphatic carbocycles. The zero-order valence-corrected chi connectivity index (χ0v) is 25.8. The topological polar surface area (TPSA) is 307 Å². The molecule has 0 saturated carbocycles. The molecule has 254 valence electrons. The lowest BCUT2D eigenvalue weighted by molar-refractivity contribution is -0.766. The van der Waals surface area contributed by atoms with Crippen LogP contribution < -0.4 is 16.0 Å². The van der Waals surface area contributed by atoms with E-state index in [0.717, 1.165) is 6.33 Å². The van der Waals surface area contributed by atoms with E-state index in [4.69, 9.17) is 41.1 Å². The Morgan fingerprint density at radius 2 is 1.74 bits per heavy atom. The van der Waals surface area contributed by atoms with Crippen molar-refractivity contribution in [2.24, 2.45) is 5.73 Å². The van der Waals surface area contributed by atoms with Gasteiger partial charge in [-0.1, -0.05) is 5.92 Å². The molecule has 23 heteroatoms. The number of fused-ring (bicyclic) bond motifs is 1. The summed E-state index contributed by atoms with van der Waals surface area (Å²) >= 11 is 0. The number of nitrogen functional groups attached to an aromatic ring is 1. The first kappa shape index (κ1) is 34.9. The van der Waals surface area contributed by atoms with Crippen molar-refractivity contribution in [3.63, 3.8) is 0 Å². The Kier molecular flexibility index (Phi) is 10.4. The number of anilines is 1. The number of aromatic nitrogens is 5. The zero-order valence-electron chi connectivity index (χ0n) is 24.0. The number of carbonyl (C=O) groups is 1. The third-order valence-corrected chi connectivity index (χ3v) is 9.68. The number of hydrogen-bond donors (Lipinski definition) is 7. The van der Waals surface area contributed by atoms with E-state index < -0.39 is 83.8 Å². The molecule has 2 aliphatic rings. The number of ether oxygens (including phenoxy) is 3. The Morgan fingerprint density at radius 1 is 1.06 bits per heavy atom. The SMILES string of the molecule is C#CCO[C@@H]1[C@H](O)[C@@H](COP(=O)(O)OP(=O)(O)OC[C@H]2O[C@@H](n3cnc4c(N)ncnc43)[C@H](O)[C@@H]2O)O[C@H]1[n+]1cccc(C(N)=O)c1. The van der Waals surface area contributed by atoms with Gasteiger partial charge in [0.1, 0.15) is 54.5 Å². The van der Waals surface area contributed by atoms with Crippen LogP contribution in [0.3, 0.4) is 0 Å². The number of aliphatic hydroxyl groups excluding tert-OH is 3. The number of imidazole rings is 1. The minimum atomic E-state index is -5.38. The van der Waals surface area contributed by atoms with Gasteiger partial charge in [0.15, 0.2) is 36.2 Å². The van der Waals surface area contributed by atoms with Crippen molar-refractivity contribution >= 4 is 38.5 Å². The van der Waals surface area contributed by atoms with Crippen LogP contribution in [0, 0.1) is 12.3 Å². The molecule has 5 heterocycles. The fraction of sp³-hybridized carbons (Fsp3) is 0.458. The Bertz CT molecular complexity index is 1760. The molecule has 47 heavy (non-hydrogen) atoms. The third-order valence-electron chi connectivity index (χ3n) is 7.08. The van der Waals surface area contributed by atoms with Gasteiger partial charge in [-0.05, 0) is 6.07 Å². The monoisotopic (exact) mass is 702 g/mol. The molecule has 2 unspecified atom stereocenters. The molecule has 21 nitrogen and oxygen atoms in total. The predicted molar refractivity (Wildman–Crippen MR) is 152 cm³/mol. The number of aliphatic hydroxyl groups is 3. The Balaban J connectivity index is 1.18. The molecule has 0 radical (unpaired) electrons. The number of amides is 1. The summed E-state index contributed by atoms with van der Waals surface area (Å²) in [7, 11) is -10.8. The predicted octanol–water partition coefficient (Wildman–Crippen LogP) is -2.36. The Hall–Kier alpha value is -3.45. The lowest BCUT2D eigenvalue weighted by Gasteiger charge is -2.20. The maximum absolute atomic E-state index is 12.6. The lowest BCUT2D eigenvalue weighted by atomic mass is 10.1. The quantitative estimate of drug-likeness (QED) is 0.0556. The van der Waals surface area contributed by atoms with Gasteiger partial charge in [0.2, 0.25) is 0 Å². The van der Waals surface area contributed by atoms with Crippen LogP contribution in [0.25, 0.3) is 11.2 Å². The molecule has 3 aromatic heterocycles. The summed E-state index contributed by atoms with van der Waals surface area (Å²) in [6.45, 7) is -2.01. The molecule has 1 amide bonds. The molecule has 0 bridgehead atoms. The van der Waals surface area contributed by atoms with Crippen LogP contribution in [0.4, 0.5) is 5.82 Å². The number of pyridine rings is 1. The molecule has 3 aromatic rings. The second-order valence-electron chi connectivity index (χ2n) is 10.2. The molecule has 0 spiro atoms. The first-order chi connectivity index (χ1) is 22.2. The maximum Gasteiger partial charge on any atom is 0.481 e. The number of phosphoric acid groups is 2. The molecule has 2 saturated heterocycles. The van der Waals surface area contributed by atoms with Crippen molar-refractivity contribution in [3.05, 3.63) is 42.7 Å². The summed E-state index contributed by atoms with van der Waals surface area (Å²) in [4.78, 5) is 43.8. The zero-order chi connectivity index (χ0) is 34.1. The van der Waals surface area contributed by atoms with Crippen molar-refractivity contribution in [2.75, 3.05) is 25.6 Å². The largest absolute Gasteiger partial charge is 0.481 e. The summed E-state index contributed by atoms with van der Waals surface area (Å²) in [5.74, 6) is 1.54. The molecule has 0 aromatic carbocycles. The summed E-state index contributed by atoms with van der Waals surface area (Å²) in [5, 5.41) is 31.8. The van der Waals surface area contributed by atoms with Crippen molar-refractivity contribution in [1.82, 2.24) is 19.5 Å². The van der Waals surface area contributed by atoms with E-state index in [1.807, 2.05) is 0 Å². The number of terminal acetylenes is 1. The fourth-order valence-electron chi connectivity index (χ4n) is 4.88. The minimum absolute atomic E-state index is 0.0513. The van der Waals surface area contributed by atoms with Crippen molar-refractivity contribution < 1.29 is 71.2 Å². The highest BCUT2D eigenvalue weighted by molar-refractivity contribution is 7.61. The highest BCUT2D eigenvalue weighted by atomic mass is 31.3. The van der Waals surface area contributed by atoms with E-state index in [0.29, 0.717) is 0 Å². The molecular weight excluding hydrogens is 672 g/mol. The van der Waals surface area contributed by atoms with Crippen molar-refractivity contribution in [1.29, 1.82) is 0 Å². The average Bonchev–Trinajstić information content (AvgIpc) is 3.67. The van der Waals surface area contributed by atoms with Crippen LogP contribution in [-0.2, 0) is 36.7 Å². The van der Waals surface area contributed by atoms with E-state index in [1.165, 1.54) is 40.0 Å². The third kappa shape index (κ3) is 7.66. The van der Waals surface area contributed by atoms with Gasteiger partial charge in [0, 0.05) is 6.07 Å². The summed E-state index contributed by atoms with van der Waals surface area (Å²) in [6.07, 6.45) is -0.661. The molecular formula is C24H30N7O14P2+. The number of rotatable bonds is 13. The highest BCUT2D eigenvalue weighted by Gasteiger charge is 2.51. The van der Waals surface area contributed by atoms with E-state index in [2.05, 4.69) is 25.2 Å². The summed E-state index contributed by atoms with van der Waals surface area (Å²) in [6, 6.07) is 2.91. The van der Waals surface area contributed by atoms with Gasteiger partial charge in [0.05, 0.1) is 19.5 Å². The molecule has 2 fully saturated rings. The molecule has 10 atom stereocenters. The second-order valence-corrected chi connectivity index (χ2v) is 13.2. The number of nitrogens with zero attached hydrogens (tertiary/aromatic N) is 5. The van der Waals surface area contributed by atoms with E-state index in [9.17, 15) is 39.0 Å². The van der Waals surface area contributed by atoms with Crippen LogP contribution in [-0.4, -0.2) is 107 Å². The molecule has 9 N–H and O–H groups in total. The maximum atomic E-state index is 12.6. The van der Waals surface area contributed by atoms with Gasteiger partial charge in [0.25, 0.3) is 12.1 Å². The number of hydrogen-bond acceptors (Lipinski definition) is 16. The molecule has 5 rings (SSSR count). The first-order valence-electron chi connectivity index (χ1n) is 13.5. The number of carbonyl (C=O) groups excluding carboxylic acids is 1. The van der Waals surface area contributed by atoms with Crippen LogP contribution in [0.2, 0.25) is 0 Å². The first-order valence-corrected chi connectivity index (χ1v) is 16.5. The van der Waals surface area contributed by atoms with E-state index in [-0.39, 0.29) is 29.2 Å². The van der Waals surface area contributed by atoms with Gasteiger partial charge in [-0.3, -0.25) is 18.4 Å². The van der Waals surface area contributed by atoms with Gasteiger partial charge in [-0.25, -0.2) is 24.1 Å². The lowest BCUT2D eigenvalue weighted by Crippen LogP contribution is -2.47. The van der Waals surface area contributed by atoms with E-state index in [1.54, 1.807) is 0 Å². The highest BCUT2D eigenvalue weighted by Crippen LogP contribution is 2.60. The summed E-state index contributed by atoms with van der Waals surface area (Å²) < 4.78 is 58.5. The Labute approximate surface area is 264 Å². The van der Waals surface area contributed by atoms with Crippen LogP contribution in [0.15, 0.2) is 37.2 Å². The molecule has 2 aliphatic heterocycles. The van der Waals surface area contributed by atoms with Gasteiger partial charge >= 0.3 is 15.6 Å².